The van der Waals surface area contributed by atoms with Gasteiger partial charge in [0.25, 0.3) is 0 Å². The van der Waals surface area contributed by atoms with Crippen molar-refractivity contribution in [3.8, 4) is 0 Å². The number of carboxylic acid groups (broad SMARTS) is 1. The number of rotatable bonds is 11. The summed E-state index contributed by atoms with van der Waals surface area (Å²) in [6.07, 6.45) is 9.03. The van der Waals surface area contributed by atoms with Crippen molar-refractivity contribution in [2.45, 2.75) is 84.3 Å². The third-order valence-corrected chi connectivity index (χ3v) is 4.01. The average molecular weight is 367 g/mol. The van der Waals surface area contributed by atoms with Gasteiger partial charge in [-0.1, -0.05) is 39.0 Å². The number of aromatic nitrogens is 2. The first kappa shape index (κ1) is 22.0. The van der Waals surface area contributed by atoms with Crippen LogP contribution in [0.3, 0.4) is 0 Å². The summed E-state index contributed by atoms with van der Waals surface area (Å²) >= 11 is 0. The standard InChI is InChI=1S/C19H33N3O4/c1-5-6-7-8-9-10-11-22(18(25)26-19(2,3)4)16(17(23)24)12-15-13-20-14-21-15/h13-14,16H,5-12H2,1-4H3,(H,20,21)(H,23,24)/t16-/m0/s1. The molecule has 1 aromatic rings. The molecule has 0 saturated carbocycles. The maximum absolute atomic E-state index is 12.6. The fraction of sp³-hybridized carbons (Fsp3) is 0.737. The van der Waals surface area contributed by atoms with Crippen molar-refractivity contribution in [2.24, 2.45) is 0 Å². The summed E-state index contributed by atoms with van der Waals surface area (Å²) in [5.74, 6) is -1.04. The molecule has 1 amide bonds. The molecule has 7 heteroatoms. The quantitative estimate of drug-likeness (QED) is 0.576. The number of nitrogens with zero attached hydrogens (tertiary/aromatic N) is 2. The highest BCUT2D eigenvalue weighted by molar-refractivity contribution is 5.80. The van der Waals surface area contributed by atoms with E-state index < -0.39 is 23.7 Å². The molecule has 2 N–H and O–H groups in total. The zero-order valence-electron chi connectivity index (χ0n) is 16.5. The van der Waals surface area contributed by atoms with Crippen LogP contribution < -0.4 is 0 Å². The highest BCUT2D eigenvalue weighted by Gasteiger charge is 2.33. The van der Waals surface area contributed by atoms with E-state index in [1.54, 1.807) is 27.0 Å². The molecule has 0 bridgehead atoms. The molecule has 1 atom stereocenters. The minimum Gasteiger partial charge on any atom is -0.480 e. The molecule has 0 aliphatic rings. The van der Waals surface area contributed by atoms with Gasteiger partial charge in [0.05, 0.1) is 6.33 Å². The van der Waals surface area contributed by atoms with Crippen molar-refractivity contribution in [1.29, 1.82) is 0 Å². The minimum atomic E-state index is -1.04. The Labute approximate surface area is 156 Å². The van der Waals surface area contributed by atoms with Gasteiger partial charge in [0.15, 0.2) is 0 Å². The van der Waals surface area contributed by atoms with Crippen LogP contribution in [0.2, 0.25) is 0 Å². The van der Waals surface area contributed by atoms with Crippen molar-refractivity contribution >= 4 is 12.1 Å². The number of ether oxygens (including phenoxy) is 1. The van der Waals surface area contributed by atoms with Crippen LogP contribution in [0.4, 0.5) is 4.79 Å². The zero-order chi connectivity index (χ0) is 19.6. The van der Waals surface area contributed by atoms with E-state index in [9.17, 15) is 14.7 Å². The van der Waals surface area contributed by atoms with Gasteiger partial charge >= 0.3 is 12.1 Å². The second-order valence-corrected chi connectivity index (χ2v) is 7.58. The zero-order valence-corrected chi connectivity index (χ0v) is 16.5. The van der Waals surface area contributed by atoms with E-state index in [0.717, 1.165) is 19.3 Å². The SMILES string of the molecule is CCCCCCCCN(C(=O)OC(C)(C)C)[C@@H](Cc1cnc[nH]1)C(=O)O. The summed E-state index contributed by atoms with van der Waals surface area (Å²) in [4.78, 5) is 32.6. The molecule has 1 rings (SSSR count). The summed E-state index contributed by atoms with van der Waals surface area (Å²) in [7, 11) is 0. The number of H-pyrrole nitrogens is 1. The van der Waals surface area contributed by atoms with Crippen LogP contribution in [0.5, 0.6) is 0 Å². The van der Waals surface area contributed by atoms with Gasteiger partial charge in [0.1, 0.15) is 11.6 Å². The number of hydrogen-bond donors (Lipinski definition) is 2. The number of carbonyl (C=O) groups excluding carboxylic acids is 1. The van der Waals surface area contributed by atoms with E-state index in [2.05, 4.69) is 16.9 Å². The Kier molecular flexibility index (Phi) is 9.16. The highest BCUT2D eigenvalue weighted by Crippen LogP contribution is 2.16. The lowest BCUT2D eigenvalue weighted by Gasteiger charge is -2.31. The summed E-state index contributed by atoms with van der Waals surface area (Å²) in [6.45, 7) is 7.86. The molecular weight excluding hydrogens is 334 g/mol. The second kappa shape index (κ2) is 10.8. The molecule has 0 radical (unpaired) electrons. The Morgan fingerprint density at radius 2 is 1.88 bits per heavy atom. The Morgan fingerprint density at radius 1 is 1.23 bits per heavy atom. The first-order valence-corrected chi connectivity index (χ1v) is 9.44. The lowest BCUT2D eigenvalue weighted by atomic mass is 10.1. The molecule has 0 aliphatic heterocycles. The van der Waals surface area contributed by atoms with Gasteiger partial charge in [-0.2, -0.15) is 0 Å². The second-order valence-electron chi connectivity index (χ2n) is 7.58. The maximum atomic E-state index is 12.6. The Hall–Kier alpha value is -2.05. The van der Waals surface area contributed by atoms with E-state index >= 15 is 0 Å². The number of carboxylic acids is 1. The molecule has 7 nitrogen and oxygen atoms in total. The lowest BCUT2D eigenvalue weighted by Crippen LogP contribution is -2.48. The van der Waals surface area contributed by atoms with Crippen molar-refractivity contribution in [3.05, 3.63) is 18.2 Å². The van der Waals surface area contributed by atoms with Gasteiger partial charge in [0, 0.05) is 24.9 Å². The van der Waals surface area contributed by atoms with Crippen LogP contribution in [0.1, 0.15) is 71.9 Å². The van der Waals surface area contributed by atoms with Crippen molar-refractivity contribution in [2.75, 3.05) is 6.54 Å². The van der Waals surface area contributed by atoms with Gasteiger partial charge in [-0.25, -0.2) is 14.6 Å². The average Bonchev–Trinajstić information content (AvgIpc) is 3.03. The van der Waals surface area contributed by atoms with Crippen LogP contribution in [-0.4, -0.2) is 50.2 Å². The summed E-state index contributed by atoms with van der Waals surface area (Å²) in [5.41, 5.74) is 0.00180. The first-order valence-electron chi connectivity index (χ1n) is 9.44. The van der Waals surface area contributed by atoms with Crippen molar-refractivity contribution in [1.82, 2.24) is 14.9 Å². The summed E-state index contributed by atoms with van der Waals surface area (Å²) < 4.78 is 5.44. The molecule has 0 saturated heterocycles. The molecule has 0 aromatic carbocycles. The Morgan fingerprint density at radius 3 is 2.42 bits per heavy atom. The largest absolute Gasteiger partial charge is 0.480 e. The minimum absolute atomic E-state index is 0.171. The van der Waals surface area contributed by atoms with Gasteiger partial charge in [-0.15, -0.1) is 0 Å². The predicted molar refractivity (Wildman–Crippen MR) is 100 cm³/mol. The molecule has 1 heterocycles. The third kappa shape index (κ3) is 8.36. The van der Waals surface area contributed by atoms with E-state index in [1.165, 1.54) is 30.5 Å². The monoisotopic (exact) mass is 367 g/mol. The number of hydrogen-bond acceptors (Lipinski definition) is 4. The van der Waals surface area contributed by atoms with Gasteiger partial charge < -0.3 is 14.8 Å². The maximum Gasteiger partial charge on any atom is 0.411 e. The Bertz CT molecular complexity index is 537. The van der Waals surface area contributed by atoms with Crippen LogP contribution in [0.15, 0.2) is 12.5 Å². The highest BCUT2D eigenvalue weighted by atomic mass is 16.6. The fourth-order valence-corrected chi connectivity index (χ4v) is 2.69. The summed E-state index contributed by atoms with van der Waals surface area (Å²) in [6, 6.07) is -0.985. The summed E-state index contributed by atoms with van der Waals surface area (Å²) in [5, 5.41) is 9.68. The lowest BCUT2D eigenvalue weighted by molar-refractivity contribution is -0.143. The molecule has 0 aliphatic carbocycles. The molecular formula is C19H33N3O4. The fourth-order valence-electron chi connectivity index (χ4n) is 2.69. The number of imidazole rings is 1. The van der Waals surface area contributed by atoms with Gasteiger partial charge in [0.2, 0.25) is 0 Å². The van der Waals surface area contributed by atoms with Gasteiger partial charge in [-0.05, 0) is 27.2 Å². The number of nitrogens with one attached hydrogen (secondary N) is 1. The molecule has 1 aromatic heterocycles. The Balaban J connectivity index is 2.78. The number of aliphatic carboxylic acids is 1. The van der Waals surface area contributed by atoms with Crippen LogP contribution in [-0.2, 0) is 16.0 Å². The van der Waals surface area contributed by atoms with E-state index in [1.807, 2.05) is 0 Å². The molecule has 0 fully saturated rings. The van der Waals surface area contributed by atoms with E-state index in [4.69, 9.17) is 4.74 Å². The van der Waals surface area contributed by atoms with Crippen LogP contribution >= 0.6 is 0 Å². The molecule has 148 valence electrons. The number of unbranched alkanes of at least 4 members (excludes halogenated alkanes) is 5. The van der Waals surface area contributed by atoms with Gasteiger partial charge in [-0.3, -0.25) is 4.90 Å². The third-order valence-electron chi connectivity index (χ3n) is 4.01. The van der Waals surface area contributed by atoms with Crippen LogP contribution in [0.25, 0.3) is 0 Å². The van der Waals surface area contributed by atoms with E-state index in [0.29, 0.717) is 12.2 Å². The van der Waals surface area contributed by atoms with Crippen molar-refractivity contribution < 1.29 is 19.4 Å². The predicted octanol–water partition coefficient (Wildman–Crippen LogP) is 4.00. The first-order chi connectivity index (χ1) is 12.2. The smallest absolute Gasteiger partial charge is 0.411 e. The topological polar surface area (TPSA) is 95.5 Å². The number of carbonyl (C=O) groups is 2. The molecule has 0 spiro atoms. The number of aromatic amines is 1. The molecule has 0 unspecified atom stereocenters. The molecule has 26 heavy (non-hydrogen) atoms. The van der Waals surface area contributed by atoms with E-state index in [-0.39, 0.29) is 6.42 Å². The van der Waals surface area contributed by atoms with Crippen molar-refractivity contribution in [3.63, 3.8) is 0 Å². The van der Waals surface area contributed by atoms with Crippen LogP contribution in [0, 0.1) is 0 Å². The normalized spacial score (nSPS) is 12.6. The number of amides is 1.